The fourth-order valence-corrected chi connectivity index (χ4v) is 1.44. The molecular weight excluding hydrogens is 336 g/mol. The molecule has 0 atom stereocenters. The zero-order valence-electron chi connectivity index (χ0n) is 7.62. The first kappa shape index (κ1) is 11.4. The van der Waals surface area contributed by atoms with Gasteiger partial charge >= 0.3 is 6.18 Å². The Labute approximate surface area is 102 Å². The highest BCUT2D eigenvalue weighted by molar-refractivity contribution is 14.1. The van der Waals surface area contributed by atoms with Crippen LogP contribution in [0.15, 0.2) is 28.7 Å². The third kappa shape index (κ3) is 2.34. The van der Waals surface area contributed by atoms with Crippen LogP contribution in [0, 0.1) is 3.90 Å². The van der Waals surface area contributed by atoms with Crippen LogP contribution in [-0.4, -0.2) is 10.2 Å². The summed E-state index contributed by atoms with van der Waals surface area (Å²) in [4.78, 5) is 0. The standard InChI is InChI=1S/C9H4F3IN2O/c10-9(11,12)6-3-1-5(2-4-6)7-14-15-8(13)16-7/h1-4H. The zero-order valence-corrected chi connectivity index (χ0v) is 9.78. The van der Waals surface area contributed by atoms with Crippen LogP contribution in [0.3, 0.4) is 0 Å². The Morgan fingerprint density at radius 2 is 1.69 bits per heavy atom. The van der Waals surface area contributed by atoms with E-state index in [1.807, 2.05) is 22.6 Å². The van der Waals surface area contributed by atoms with Crippen LogP contribution in [0.4, 0.5) is 13.2 Å². The Bertz CT molecular complexity index is 492. The summed E-state index contributed by atoms with van der Waals surface area (Å²) in [7, 11) is 0. The second kappa shape index (κ2) is 4.04. The predicted molar refractivity (Wildman–Crippen MR) is 57.5 cm³/mol. The van der Waals surface area contributed by atoms with Crippen LogP contribution in [0.1, 0.15) is 5.56 Å². The molecule has 1 aromatic carbocycles. The maximum Gasteiger partial charge on any atom is 0.416 e. The van der Waals surface area contributed by atoms with Gasteiger partial charge in [0.05, 0.1) is 5.56 Å². The van der Waals surface area contributed by atoms with Crippen molar-refractivity contribution < 1.29 is 17.6 Å². The van der Waals surface area contributed by atoms with Gasteiger partial charge in [-0.15, -0.1) is 10.2 Å². The number of aromatic nitrogens is 2. The summed E-state index contributed by atoms with van der Waals surface area (Å²) in [5.74, 6) is 0.207. The topological polar surface area (TPSA) is 38.9 Å². The van der Waals surface area contributed by atoms with Gasteiger partial charge in [-0.3, -0.25) is 0 Å². The van der Waals surface area contributed by atoms with Gasteiger partial charge in [-0.1, -0.05) is 0 Å². The van der Waals surface area contributed by atoms with Crippen LogP contribution in [0.5, 0.6) is 0 Å². The molecule has 84 valence electrons. The minimum absolute atomic E-state index is 0.207. The monoisotopic (exact) mass is 340 g/mol. The number of nitrogens with zero attached hydrogens (tertiary/aromatic N) is 2. The van der Waals surface area contributed by atoms with E-state index >= 15 is 0 Å². The minimum atomic E-state index is -4.33. The fourth-order valence-electron chi connectivity index (χ4n) is 1.12. The molecule has 1 heterocycles. The summed E-state index contributed by atoms with van der Waals surface area (Å²) in [6, 6.07) is 4.55. The van der Waals surface area contributed by atoms with Crippen molar-refractivity contribution in [1.82, 2.24) is 10.2 Å². The van der Waals surface area contributed by atoms with Crippen molar-refractivity contribution in [2.45, 2.75) is 6.18 Å². The average Bonchev–Trinajstić information content (AvgIpc) is 2.64. The Morgan fingerprint density at radius 1 is 1.06 bits per heavy atom. The molecule has 1 aromatic heterocycles. The van der Waals surface area contributed by atoms with Gasteiger partial charge < -0.3 is 4.42 Å². The Morgan fingerprint density at radius 3 is 2.12 bits per heavy atom. The first-order valence-corrected chi connectivity index (χ1v) is 5.21. The molecule has 7 heteroatoms. The fraction of sp³-hybridized carbons (Fsp3) is 0.111. The van der Waals surface area contributed by atoms with Gasteiger partial charge in [-0.25, -0.2) is 0 Å². The highest BCUT2D eigenvalue weighted by Crippen LogP contribution is 2.30. The molecule has 0 spiro atoms. The van der Waals surface area contributed by atoms with Crippen molar-refractivity contribution in [3.8, 4) is 11.5 Å². The first-order valence-electron chi connectivity index (χ1n) is 4.13. The van der Waals surface area contributed by atoms with Gasteiger partial charge in [-0.2, -0.15) is 13.2 Å². The first-order chi connectivity index (χ1) is 7.47. The highest BCUT2D eigenvalue weighted by atomic mass is 127. The van der Waals surface area contributed by atoms with E-state index < -0.39 is 11.7 Å². The van der Waals surface area contributed by atoms with E-state index in [0.717, 1.165) is 12.1 Å². The molecule has 2 aromatic rings. The summed E-state index contributed by atoms with van der Waals surface area (Å²) >= 11 is 1.83. The number of hydrogen-bond donors (Lipinski definition) is 0. The lowest BCUT2D eigenvalue weighted by atomic mass is 10.1. The van der Waals surface area contributed by atoms with Crippen molar-refractivity contribution in [3.63, 3.8) is 0 Å². The lowest BCUT2D eigenvalue weighted by Crippen LogP contribution is -2.03. The summed E-state index contributed by atoms with van der Waals surface area (Å²) < 4.78 is 42.2. The number of halogens is 4. The van der Waals surface area contributed by atoms with E-state index in [-0.39, 0.29) is 5.89 Å². The van der Waals surface area contributed by atoms with Gasteiger partial charge in [0.25, 0.3) is 3.90 Å². The molecule has 2 rings (SSSR count). The normalized spacial score (nSPS) is 11.8. The molecule has 0 amide bonds. The van der Waals surface area contributed by atoms with Crippen molar-refractivity contribution in [2.75, 3.05) is 0 Å². The van der Waals surface area contributed by atoms with Gasteiger partial charge in [0.2, 0.25) is 5.89 Å². The Kier molecular flexibility index (Phi) is 2.87. The van der Waals surface area contributed by atoms with E-state index in [9.17, 15) is 13.2 Å². The molecule has 3 nitrogen and oxygen atoms in total. The van der Waals surface area contributed by atoms with E-state index in [1.54, 1.807) is 0 Å². The molecular formula is C9H4F3IN2O. The van der Waals surface area contributed by atoms with Crippen LogP contribution in [0.25, 0.3) is 11.5 Å². The molecule has 0 aliphatic heterocycles. The van der Waals surface area contributed by atoms with Crippen LogP contribution >= 0.6 is 22.6 Å². The van der Waals surface area contributed by atoms with Crippen molar-refractivity contribution >= 4 is 22.6 Å². The zero-order chi connectivity index (χ0) is 11.8. The van der Waals surface area contributed by atoms with E-state index in [0.29, 0.717) is 9.46 Å². The van der Waals surface area contributed by atoms with Gasteiger partial charge in [0, 0.05) is 28.2 Å². The van der Waals surface area contributed by atoms with Gasteiger partial charge in [0.1, 0.15) is 0 Å². The SMILES string of the molecule is FC(F)(F)c1ccc(-c2nnc(I)o2)cc1. The number of alkyl halides is 3. The lowest BCUT2D eigenvalue weighted by molar-refractivity contribution is -0.137. The van der Waals surface area contributed by atoms with Gasteiger partial charge in [-0.05, 0) is 24.3 Å². The smallest absolute Gasteiger partial charge is 0.412 e. The molecule has 0 saturated heterocycles. The van der Waals surface area contributed by atoms with Crippen LogP contribution < -0.4 is 0 Å². The highest BCUT2D eigenvalue weighted by Gasteiger charge is 2.30. The predicted octanol–water partition coefficient (Wildman–Crippen LogP) is 3.36. The average molecular weight is 340 g/mol. The van der Waals surface area contributed by atoms with E-state index in [4.69, 9.17) is 4.42 Å². The van der Waals surface area contributed by atoms with E-state index in [1.165, 1.54) is 12.1 Å². The van der Waals surface area contributed by atoms with Crippen molar-refractivity contribution in [1.29, 1.82) is 0 Å². The molecule has 0 unspecified atom stereocenters. The molecule has 0 aliphatic carbocycles. The summed E-state index contributed by atoms with van der Waals surface area (Å²) in [5, 5.41) is 7.28. The quantitative estimate of drug-likeness (QED) is 0.748. The molecule has 0 radical (unpaired) electrons. The summed E-state index contributed by atoms with van der Waals surface area (Å²) in [6.07, 6.45) is -4.33. The molecule has 0 bridgehead atoms. The molecule has 0 N–H and O–H groups in total. The van der Waals surface area contributed by atoms with Crippen molar-refractivity contribution in [3.05, 3.63) is 33.7 Å². The maximum atomic E-state index is 12.3. The lowest BCUT2D eigenvalue weighted by Gasteiger charge is -2.05. The second-order valence-corrected chi connectivity index (χ2v) is 3.86. The van der Waals surface area contributed by atoms with Gasteiger partial charge in [0.15, 0.2) is 0 Å². The third-order valence-electron chi connectivity index (χ3n) is 1.86. The largest absolute Gasteiger partial charge is 0.416 e. The molecule has 16 heavy (non-hydrogen) atoms. The third-order valence-corrected chi connectivity index (χ3v) is 2.30. The Balaban J connectivity index is 2.33. The van der Waals surface area contributed by atoms with E-state index in [2.05, 4.69) is 10.2 Å². The Hall–Kier alpha value is -1.12. The number of benzene rings is 1. The summed E-state index contributed by atoms with van der Waals surface area (Å²) in [5.41, 5.74) is -0.242. The second-order valence-electron chi connectivity index (χ2n) is 2.94. The van der Waals surface area contributed by atoms with Crippen LogP contribution in [-0.2, 0) is 6.18 Å². The molecule has 0 saturated carbocycles. The number of rotatable bonds is 1. The minimum Gasteiger partial charge on any atom is -0.412 e. The molecule has 0 aliphatic rings. The number of hydrogen-bond acceptors (Lipinski definition) is 3. The van der Waals surface area contributed by atoms with Crippen LogP contribution in [0.2, 0.25) is 0 Å². The van der Waals surface area contributed by atoms with Crippen molar-refractivity contribution in [2.24, 2.45) is 0 Å². The maximum absolute atomic E-state index is 12.3. The summed E-state index contributed by atoms with van der Waals surface area (Å²) in [6.45, 7) is 0. The molecule has 0 fully saturated rings.